The highest BCUT2D eigenvalue weighted by Gasteiger charge is 2.56. The summed E-state index contributed by atoms with van der Waals surface area (Å²) in [5.41, 5.74) is 3.13. The summed E-state index contributed by atoms with van der Waals surface area (Å²) in [6.07, 6.45) is 3.47. The number of fused-ring (bicyclic) bond motifs is 4. The third-order valence-electron chi connectivity index (χ3n) is 9.66. The molecule has 2 aliphatic carbocycles. The first kappa shape index (κ1) is 34.7. The van der Waals surface area contributed by atoms with E-state index in [4.69, 9.17) is 9.47 Å². The molecule has 1 aromatic heterocycles. The van der Waals surface area contributed by atoms with E-state index < -0.39 is 21.7 Å². The van der Waals surface area contributed by atoms with E-state index in [2.05, 4.69) is 33.9 Å². The van der Waals surface area contributed by atoms with Crippen LogP contribution in [0.3, 0.4) is 0 Å². The molecule has 0 unspecified atom stereocenters. The van der Waals surface area contributed by atoms with Crippen molar-refractivity contribution in [2.75, 3.05) is 11.3 Å². The smallest absolute Gasteiger partial charge is 0.407 e. The molecule has 1 spiro atoms. The predicted molar refractivity (Wildman–Crippen MR) is 187 cm³/mol. The lowest BCUT2D eigenvalue weighted by Crippen LogP contribution is -2.64. The summed E-state index contributed by atoms with van der Waals surface area (Å²) in [5, 5.41) is 2.99. The van der Waals surface area contributed by atoms with Gasteiger partial charge < -0.3 is 19.7 Å². The van der Waals surface area contributed by atoms with Gasteiger partial charge in [-0.05, 0) is 107 Å². The highest BCUT2D eigenvalue weighted by Crippen LogP contribution is 2.58. The first-order valence-corrected chi connectivity index (χ1v) is 18.5. The number of benzene rings is 2. The van der Waals surface area contributed by atoms with Gasteiger partial charge in [0.1, 0.15) is 12.2 Å². The van der Waals surface area contributed by atoms with Crippen LogP contribution >= 0.6 is 0 Å². The van der Waals surface area contributed by atoms with Crippen LogP contribution in [-0.4, -0.2) is 65.6 Å². The lowest BCUT2D eigenvalue weighted by molar-refractivity contribution is -0.0786. The van der Waals surface area contributed by atoms with Gasteiger partial charge in [-0.2, -0.15) is 4.98 Å². The fraction of sp³-hybridized carbons (Fsp3) is 0.514. The summed E-state index contributed by atoms with van der Waals surface area (Å²) < 4.78 is 41.7. The van der Waals surface area contributed by atoms with Gasteiger partial charge in [0.2, 0.25) is 11.8 Å². The molecule has 2 aromatic carbocycles. The van der Waals surface area contributed by atoms with E-state index in [1.54, 1.807) is 18.2 Å². The van der Waals surface area contributed by atoms with E-state index in [1.165, 1.54) is 12.1 Å². The highest BCUT2D eigenvalue weighted by molar-refractivity contribution is 7.92. The first-order valence-electron chi connectivity index (χ1n) is 17.0. The molecule has 2 saturated carbocycles. The lowest BCUT2D eigenvalue weighted by atomic mass is 9.51. The first-order chi connectivity index (χ1) is 23.0. The van der Waals surface area contributed by atoms with Crippen LogP contribution < -0.4 is 14.8 Å². The normalized spacial score (nSPS) is 24.7. The Bertz CT molecular complexity index is 1840. The number of nitrogens with one attached hydrogen (secondary N) is 2. The SMILES string of the molecule is Cc1cccc(C)c1-c1cc2nc(n1)NS(=O)(=O)c1cccc(c1)C(=O)N(C1CC3(CC(NC(=O)OC(C)(C)C)C3)C1)[C@H](CC(C)C)CO2. The number of hydrogen-bond acceptors (Lipinski definition) is 8. The zero-order chi connectivity index (χ0) is 35.3. The molecular weight excluding hydrogens is 643 g/mol. The van der Waals surface area contributed by atoms with Crippen LogP contribution in [0.1, 0.15) is 88.2 Å². The lowest BCUT2D eigenvalue weighted by Gasteiger charge is -2.60. The molecule has 3 aromatic rings. The highest BCUT2D eigenvalue weighted by atomic mass is 32.2. The molecule has 11 nitrogen and oxygen atoms in total. The quantitative estimate of drug-likeness (QED) is 0.304. The van der Waals surface area contributed by atoms with Gasteiger partial charge in [-0.25, -0.2) is 22.9 Å². The molecule has 1 aliphatic heterocycles. The van der Waals surface area contributed by atoms with Gasteiger partial charge in [0.05, 0.1) is 16.6 Å². The second-order valence-corrected chi connectivity index (χ2v) is 17.1. The number of ether oxygens (including phenoxy) is 2. The third-order valence-corrected chi connectivity index (χ3v) is 11.0. The zero-order valence-corrected chi connectivity index (χ0v) is 30.2. The molecule has 12 heteroatoms. The van der Waals surface area contributed by atoms with Crippen molar-refractivity contribution >= 4 is 28.0 Å². The van der Waals surface area contributed by atoms with Gasteiger partial charge >= 0.3 is 6.09 Å². The number of amides is 2. The number of hydrogen-bond donors (Lipinski definition) is 2. The van der Waals surface area contributed by atoms with E-state index in [0.717, 1.165) is 42.4 Å². The van der Waals surface area contributed by atoms with Crippen molar-refractivity contribution in [1.82, 2.24) is 20.2 Å². The van der Waals surface area contributed by atoms with Crippen molar-refractivity contribution in [3.05, 3.63) is 65.2 Å². The van der Waals surface area contributed by atoms with E-state index in [1.807, 2.05) is 57.7 Å². The van der Waals surface area contributed by atoms with Crippen molar-refractivity contribution < 1.29 is 27.5 Å². The topological polar surface area (TPSA) is 140 Å². The molecule has 2 amide bonds. The molecule has 49 heavy (non-hydrogen) atoms. The van der Waals surface area contributed by atoms with Crippen molar-refractivity contribution in [1.29, 1.82) is 0 Å². The van der Waals surface area contributed by atoms with Crippen LogP contribution in [0.25, 0.3) is 11.3 Å². The van der Waals surface area contributed by atoms with Crippen molar-refractivity contribution in [2.45, 2.75) is 109 Å². The Kier molecular flexibility index (Phi) is 9.15. The fourth-order valence-electron chi connectivity index (χ4n) is 7.66. The Balaban J connectivity index is 1.33. The van der Waals surface area contributed by atoms with Crippen LogP contribution in [0.4, 0.5) is 10.7 Å². The summed E-state index contributed by atoms with van der Waals surface area (Å²) in [6.45, 7) is 13.9. The van der Waals surface area contributed by atoms with E-state index in [0.29, 0.717) is 17.7 Å². The monoisotopic (exact) mass is 689 g/mol. The van der Waals surface area contributed by atoms with Gasteiger partial charge in [-0.3, -0.25) is 4.79 Å². The number of nitrogens with zero attached hydrogens (tertiary/aromatic N) is 3. The van der Waals surface area contributed by atoms with Gasteiger partial charge in [0.25, 0.3) is 15.9 Å². The van der Waals surface area contributed by atoms with Gasteiger partial charge in [0, 0.05) is 29.3 Å². The molecule has 262 valence electrons. The second-order valence-electron chi connectivity index (χ2n) is 15.4. The second kappa shape index (κ2) is 12.9. The van der Waals surface area contributed by atoms with E-state index in [9.17, 15) is 18.0 Å². The number of aryl methyl sites for hydroxylation is 2. The molecule has 2 N–H and O–H groups in total. The van der Waals surface area contributed by atoms with Crippen molar-refractivity contribution in [3.8, 4) is 17.1 Å². The van der Waals surface area contributed by atoms with Crippen LogP contribution in [0.15, 0.2) is 53.4 Å². The largest absolute Gasteiger partial charge is 0.475 e. The average Bonchev–Trinajstić information content (AvgIpc) is 2.95. The Morgan fingerprint density at radius 3 is 2.39 bits per heavy atom. The summed E-state index contributed by atoms with van der Waals surface area (Å²) in [5.74, 6) is 0.128. The minimum absolute atomic E-state index is 0.0313. The van der Waals surface area contributed by atoms with Crippen LogP contribution in [-0.2, 0) is 14.8 Å². The van der Waals surface area contributed by atoms with Gasteiger partial charge in [-0.1, -0.05) is 38.1 Å². The number of carbonyl (C=O) groups excluding carboxylic acids is 2. The fourth-order valence-corrected chi connectivity index (χ4v) is 8.65. The Labute approximate surface area is 289 Å². The Morgan fingerprint density at radius 2 is 1.73 bits per heavy atom. The Hall–Kier alpha value is -4.19. The molecular formula is C37H47N5O6S. The van der Waals surface area contributed by atoms with Crippen LogP contribution in [0, 0.1) is 25.2 Å². The molecule has 0 radical (unpaired) electrons. The molecule has 4 bridgehead atoms. The summed E-state index contributed by atoms with van der Waals surface area (Å²) in [6, 6.07) is 13.5. The molecule has 2 heterocycles. The number of anilines is 1. The molecule has 0 saturated heterocycles. The number of aromatic nitrogens is 2. The summed E-state index contributed by atoms with van der Waals surface area (Å²) >= 11 is 0. The summed E-state index contributed by atoms with van der Waals surface area (Å²) in [4.78, 5) is 37.8. The zero-order valence-electron chi connectivity index (χ0n) is 29.4. The van der Waals surface area contributed by atoms with Crippen molar-refractivity contribution in [3.63, 3.8) is 0 Å². The molecule has 1 atom stereocenters. The average molecular weight is 690 g/mol. The van der Waals surface area contributed by atoms with Gasteiger partial charge in [0.15, 0.2) is 0 Å². The summed E-state index contributed by atoms with van der Waals surface area (Å²) in [7, 11) is -4.15. The minimum atomic E-state index is -4.15. The standard InChI is InChI=1S/C37H47N5O6S/c1-22(2)14-27-21-47-31-16-30(32-23(3)10-8-11-24(32)4)39-34(40-31)41-49(45,46)29-13-9-12-25(15-29)33(43)42(27)28-19-37(20-28)17-26(18-37)38-35(44)48-36(5,6)7/h8-13,15-16,22,26-28H,14,17-21H2,1-7H3,(H,38,44)(H,39,40,41)/t26?,27-,28?,37?/m1/s1. The predicted octanol–water partition coefficient (Wildman–Crippen LogP) is 6.65. The maximum absolute atomic E-state index is 14.5. The number of carbonyl (C=O) groups is 2. The van der Waals surface area contributed by atoms with Gasteiger partial charge in [-0.15, -0.1) is 0 Å². The molecule has 6 rings (SSSR count). The number of rotatable bonds is 5. The minimum Gasteiger partial charge on any atom is -0.475 e. The Morgan fingerprint density at radius 1 is 1.06 bits per heavy atom. The van der Waals surface area contributed by atoms with Crippen molar-refractivity contribution in [2.24, 2.45) is 11.3 Å². The number of sulfonamides is 1. The molecule has 2 fully saturated rings. The third kappa shape index (κ3) is 7.54. The van der Waals surface area contributed by atoms with Crippen LogP contribution in [0.5, 0.6) is 5.88 Å². The number of alkyl carbamates (subject to hydrolysis) is 1. The van der Waals surface area contributed by atoms with E-state index >= 15 is 0 Å². The maximum Gasteiger partial charge on any atom is 0.407 e. The maximum atomic E-state index is 14.5. The van der Waals surface area contributed by atoms with E-state index in [-0.39, 0.29) is 58.7 Å². The van der Waals surface area contributed by atoms with Crippen LogP contribution in [0.2, 0.25) is 0 Å². The molecule has 3 aliphatic rings.